The van der Waals surface area contributed by atoms with E-state index in [1.165, 1.54) is 0 Å². The summed E-state index contributed by atoms with van der Waals surface area (Å²) in [7, 11) is 0. The van der Waals surface area contributed by atoms with Crippen LogP contribution in [-0.4, -0.2) is 85.5 Å². The second-order valence-corrected chi connectivity index (χ2v) is 6.13. The molecule has 0 bridgehead atoms. The number of nitrogens with two attached hydrogens (primary N) is 2. The first-order chi connectivity index (χ1) is 12.5. The van der Waals surface area contributed by atoms with Crippen molar-refractivity contribution in [3.63, 3.8) is 0 Å². The summed E-state index contributed by atoms with van der Waals surface area (Å²) in [5, 5.41) is 22.2. The number of ether oxygens (including phenoxy) is 4. The molecule has 0 radical (unpaired) electrons. The Morgan fingerprint density at radius 2 is 1.96 bits per heavy atom. The molecular formula is C16H27N3O7. The van der Waals surface area contributed by atoms with Gasteiger partial charge in [-0.25, -0.2) is 0 Å². The third-order valence-electron chi connectivity index (χ3n) is 4.29. The van der Waals surface area contributed by atoms with E-state index in [0.717, 1.165) is 0 Å². The van der Waals surface area contributed by atoms with Gasteiger partial charge >= 0.3 is 0 Å². The van der Waals surface area contributed by atoms with E-state index in [9.17, 15) is 15.0 Å². The lowest BCUT2D eigenvalue weighted by molar-refractivity contribution is -0.262. The number of nitrogens with one attached hydrogen (secondary N) is 1. The molecule has 0 aromatic heterocycles. The van der Waals surface area contributed by atoms with Crippen molar-refractivity contribution in [1.29, 1.82) is 0 Å². The van der Waals surface area contributed by atoms with E-state index in [0.29, 0.717) is 12.8 Å². The Kier molecular flexibility index (Phi) is 8.20. The summed E-state index contributed by atoms with van der Waals surface area (Å²) in [6, 6.07) is -0.903. The number of amides is 1. The van der Waals surface area contributed by atoms with E-state index in [1.54, 1.807) is 0 Å². The van der Waals surface area contributed by atoms with E-state index in [-0.39, 0.29) is 32.2 Å². The quantitative estimate of drug-likeness (QED) is 0.221. The molecular weight excluding hydrogens is 346 g/mol. The Labute approximate surface area is 152 Å². The van der Waals surface area contributed by atoms with Gasteiger partial charge in [-0.1, -0.05) is 5.92 Å². The summed E-state index contributed by atoms with van der Waals surface area (Å²) in [5.41, 5.74) is 11.3. The molecule has 26 heavy (non-hydrogen) atoms. The fourth-order valence-electron chi connectivity index (χ4n) is 2.82. The molecule has 10 heteroatoms. The molecule has 0 aromatic carbocycles. The Balaban J connectivity index is 1.66. The highest BCUT2D eigenvalue weighted by Gasteiger charge is 2.42. The molecule has 7 atom stereocenters. The van der Waals surface area contributed by atoms with Crippen molar-refractivity contribution < 1.29 is 34.0 Å². The van der Waals surface area contributed by atoms with Crippen LogP contribution in [0.25, 0.3) is 0 Å². The smallest absolute Gasteiger partial charge is 0.250 e. The topological polar surface area (TPSA) is 159 Å². The largest absolute Gasteiger partial charge is 0.388 e. The average Bonchev–Trinajstić information content (AvgIpc) is 3.12. The molecule has 7 N–H and O–H groups in total. The molecule has 2 rings (SSSR count). The maximum Gasteiger partial charge on any atom is 0.250 e. The van der Waals surface area contributed by atoms with E-state index in [1.807, 2.05) is 0 Å². The molecule has 2 saturated heterocycles. The predicted molar refractivity (Wildman–Crippen MR) is 89.3 cm³/mol. The van der Waals surface area contributed by atoms with Crippen molar-refractivity contribution in [2.45, 2.75) is 55.9 Å². The summed E-state index contributed by atoms with van der Waals surface area (Å²) in [5.74, 6) is 2.07. The van der Waals surface area contributed by atoms with Gasteiger partial charge in [0.05, 0.1) is 25.8 Å². The zero-order valence-electron chi connectivity index (χ0n) is 14.5. The SMILES string of the molecule is C#CCNC(=O)[C@@H]1CC[C@H](OCCO[C@H]2OC(CN)[C@@H](O)C(O)C2N)O1. The lowest BCUT2D eigenvalue weighted by Crippen LogP contribution is -2.63. The van der Waals surface area contributed by atoms with Crippen LogP contribution >= 0.6 is 0 Å². The molecule has 0 aromatic rings. The number of aliphatic hydroxyl groups excluding tert-OH is 2. The van der Waals surface area contributed by atoms with Crippen LogP contribution in [0.5, 0.6) is 0 Å². The van der Waals surface area contributed by atoms with Gasteiger partial charge in [-0.3, -0.25) is 4.79 Å². The highest BCUT2D eigenvalue weighted by Crippen LogP contribution is 2.22. The van der Waals surface area contributed by atoms with E-state index in [4.69, 9.17) is 36.8 Å². The summed E-state index contributed by atoms with van der Waals surface area (Å²) in [6.45, 7) is 0.499. The molecule has 10 nitrogen and oxygen atoms in total. The Bertz CT molecular complexity index is 499. The highest BCUT2D eigenvalue weighted by atomic mass is 16.7. The maximum absolute atomic E-state index is 11.7. The summed E-state index contributed by atoms with van der Waals surface area (Å²) >= 11 is 0. The van der Waals surface area contributed by atoms with Gasteiger partial charge in [0.25, 0.3) is 0 Å². The average molecular weight is 373 g/mol. The van der Waals surface area contributed by atoms with Gasteiger partial charge in [0, 0.05) is 13.0 Å². The first-order valence-electron chi connectivity index (χ1n) is 8.55. The van der Waals surface area contributed by atoms with Crippen LogP contribution in [-0.2, 0) is 23.7 Å². The molecule has 0 aliphatic carbocycles. The Morgan fingerprint density at radius 3 is 2.65 bits per heavy atom. The number of hydrogen-bond acceptors (Lipinski definition) is 9. The molecule has 3 unspecified atom stereocenters. The number of carbonyl (C=O) groups excluding carboxylic acids is 1. The lowest BCUT2D eigenvalue weighted by atomic mass is 9.97. The van der Waals surface area contributed by atoms with Crippen molar-refractivity contribution >= 4 is 5.91 Å². The summed E-state index contributed by atoms with van der Waals surface area (Å²) in [6.07, 6.45) is 1.12. The van der Waals surface area contributed by atoms with Gasteiger partial charge in [0.1, 0.15) is 24.4 Å². The fourth-order valence-corrected chi connectivity index (χ4v) is 2.82. The van der Waals surface area contributed by atoms with Crippen molar-refractivity contribution in [2.24, 2.45) is 11.5 Å². The van der Waals surface area contributed by atoms with Gasteiger partial charge in [0.15, 0.2) is 12.6 Å². The number of aliphatic hydroxyl groups is 2. The number of terminal acetylenes is 1. The molecule has 2 heterocycles. The molecule has 0 spiro atoms. The number of carbonyl (C=O) groups is 1. The highest BCUT2D eigenvalue weighted by molar-refractivity contribution is 5.81. The maximum atomic E-state index is 11.7. The van der Waals surface area contributed by atoms with Crippen molar-refractivity contribution in [3.05, 3.63) is 0 Å². The third kappa shape index (κ3) is 5.35. The van der Waals surface area contributed by atoms with E-state index >= 15 is 0 Å². The monoisotopic (exact) mass is 373 g/mol. The first-order valence-corrected chi connectivity index (χ1v) is 8.55. The second kappa shape index (κ2) is 10.1. The number of hydrogen-bond donors (Lipinski definition) is 5. The van der Waals surface area contributed by atoms with Crippen LogP contribution in [0.15, 0.2) is 0 Å². The summed E-state index contributed by atoms with van der Waals surface area (Å²) in [4.78, 5) is 11.7. The third-order valence-corrected chi connectivity index (χ3v) is 4.29. The van der Waals surface area contributed by atoms with E-state index < -0.39 is 43.0 Å². The van der Waals surface area contributed by atoms with Gasteiger partial charge in [-0.2, -0.15) is 0 Å². The molecule has 2 aliphatic heterocycles. The van der Waals surface area contributed by atoms with Crippen LogP contribution in [0.2, 0.25) is 0 Å². The van der Waals surface area contributed by atoms with Gasteiger partial charge < -0.3 is 45.9 Å². The van der Waals surface area contributed by atoms with Crippen LogP contribution in [0.3, 0.4) is 0 Å². The van der Waals surface area contributed by atoms with Crippen LogP contribution in [0.4, 0.5) is 0 Å². The predicted octanol–water partition coefficient (Wildman–Crippen LogP) is -2.99. The minimum absolute atomic E-state index is 0.0281. The minimum Gasteiger partial charge on any atom is -0.388 e. The van der Waals surface area contributed by atoms with Crippen LogP contribution in [0, 0.1) is 12.3 Å². The van der Waals surface area contributed by atoms with Gasteiger partial charge in [0.2, 0.25) is 5.91 Å². The number of rotatable bonds is 8. The van der Waals surface area contributed by atoms with E-state index in [2.05, 4.69) is 11.2 Å². The second-order valence-electron chi connectivity index (χ2n) is 6.13. The van der Waals surface area contributed by atoms with Crippen LogP contribution < -0.4 is 16.8 Å². The van der Waals surface area contributed by atoms with Crippen molar-refractivity contribution in [2.75, 3.05) is 26.3 Å². The van der Waals surface area contributed by atoms with Gasteiger partial charge in [-0.05, 0) is 6.42 Å². The summed E-state index contributed by atoms with van der Waals surface area (Å²) < 4.78 is 21.9. The Morgan fingerprint density at radius 1 is 1.23 bits per heavy atom. The molecule has 2 fully saturated rings. The molecule has 2 aliphatic rings. The minimum atomic E-state index is -1.19. The van der Waals surface area contributed by atoms with Crippen LogP contribution in [0.1, 0.15) is 12.8 Å². The van der Waals surface area contributed by atoms with Crippen molar-refractivity contribution in [1.82, 2.24) is 5.32 Å². The zero-order chi connectivity index (χ0) is 19.1. The molecule has 1 amide bonds. The standard InChI is InChI=1S/C16H27N3O7/c1-2-5-19-15(22)9-3-4-11(25-9)23-6-7-24-16-12(18)14(21)13(20)10(8-17)26-16/h1,9-14,16,20-21H,3-8,17-18H2,(H,19,22)/t9-,10?,11+,12?,13+,14?,16-/m0/s1. The van der Waals surface area contributed by atoms with Gasteiger partial charge in [-0.15, -0.1) is 6.42 Å². The fraction of sp³-hybridized carbons (Fsp3) is 0.812. The molecule has 148 valence electrons. The zero-order valence-corrected chi connectivity index (χ0v) is 14.5. The lowest BCUT2D eigenvalue weighted by Gasteiger charge is -2.40. The molecule has 0 saturated carbocycles. The first kappa shape index (κ1) is 21.0. The normalized spacial score (nSPS) is 37.3. The van der Waals surface area contributed by atoms with Crippen molar-refractivity contribution in [3.8, 4) is 12.3 Å². The Hall–Kier alpha value is -1.29.